The fraction of sp³-hybridized carbons (Fsp3) is 0.300. The van der Waals surface area contributed by atoms with E-state index < -0.39 is 10.0 Å². The van der Waals surface area contributed by atoms with Gasteiger partial charge in [0.05, 0.1) is 12.2 Å². The Labute approximate surface area is 110 Å². The third-order valence-electron chi connectivity index (χ3n) is 2.45. The molecule has 3 N–H and O–H groups in total. The lowest BCUT2D eigenvalue weighted by Gasteiger charge is -2.04. The first kappa shape index (κ1) is 13.4. The lowest BCUT2D eigenvalue weighted by molar-refractivity contribution is 0.580. The van der Waals surface area contributed by atoms with Gasteiger partial charge in [-0.2, -0.15) is 5.10 Å². The van der Waals surface area contributed by atoms with Gasteiger partial charge in [-0.3, -0.25) is 4.68 Å². The number of nitrogens with one attached hydrogen (secondary N) is 1. The standard InChI is InChI=1S/C10H14N6O2S/c1-2-16-6-9(10(11)15-16)19(17,18)14-5-8-3-4-12-7-13-8/h3-4,6-7,14H,2,5H2,1H3,(H2,11,15). The molecule has 0 spiro atoms. The van der Waals surface area contributed by atoms with Gasteiger partial charge in [-0.1, -0.05) is 0 Å². The Bertz CT molecular complexity index is 652. The number of nitrogens with two attached hydrogens (primary N) is 1. The number of aromatic nitrogens is 4. The summed E-state index contributed by atoms with van der Waals surface area (Å²) in [6.07, 6.45) is 4.30. The van der Waals surface area contributed by atoms with E-state index in [2.05, 4.69) is 19.8 Å². The molecule has 2 rings (SSSR count). The van der Waals surface area contributed by atoms with Gasteiger partial charge < -0.3 is 5.73 Å². The highest BCUT2D eigenvalue weighted by Gasteiger charge is 2.20. The lowest BCUT2D eigenvalue weighted by Crippen LogP contribution is -2.24. The van der Waals surface area contributed by atoms with Crippen LogP contribution in [-0.4, -0.2) is 28.2 Å². The van der Waals surface area contributed by atoms with Crippen LogP contribution in [-0.2, 0) is 23.1 Å². The summed E-state index contributed by atoms with van der Waals surface area (Å²) in [6, 6.07) is 1.63. The van der Waals surface area contributed by atoms with Crippen molar-refractivity contribution in [2.75, 3.05) is 5.73 Å². The number of aryl methyl sites for hydroxylation is 1. The van der Waals surface area contributed by atoms with Crippen molar-refractivity contribution in [2.45, 2.75) is 24.9 Å². The Morgan fingerprint density at radius 1 is 1.47 bits per heavy atom. The van der Waals surface area contributed by atoms with E-state index in [4.69, 9.17) is 5.73 Å². The van der Waals surface area contributed by atoms with Crippen LogP contribution in [0.3, 0.4) is 0 Å². The molecule has 0 saturated carbocycles. The van der Waals surface area contributed by atoms with Crippen molar-refractivity contribution in [3.8, 4) is 0 Å². The molecule has 0 aliphatic heterocycles. The topological polar surface area (TPSA) is 116 Å². The number of anilines is 1. The first-order chi connectivity index (χ1) is 9.03. The summed E-state index contributed by atoms with van der Waals surface area (Å²) in [7, 11) is -3.70. The van der Waals surface area contributed by atoms with Gasteiger partial charge in [0.1, 0.15) is 11.2 Å². The van der Waals surface area contributed by atoms with Crippen LogP contribution in [0.1, 0.15) is 12.6 Å². The van der Waals surface area contributed by atoms with Crippen molar-refractivity contribution >= 4 is 15.8 Å². The highest BCUT2D eigenvalue weighted by atomic mass is 32.2. The summed E-state index contributed by atoms with van der Waals surface area (Å²) < 4.78 is 28.0. The lowest BCUT2D eigenvalue weighted by atomic mass is 10.4. The number of nitrogen functional groups attached to an aromatic ring is 1. The minimum atomic E-state index is -3.70. The quantitative estimate of drug-likeness (QED) is 0.781. The summed E-state index contributed by atoms with van der Waals surface area (Å²) >= 11 is 0. The molecule has 0 aliphatic carbocycles. The predicted octanol–water partition coefficient (Wildman–Crippen LogP) is -0.246. The van der Waals surface area contributed by atoms with Crippen molar-refractivity contribution in [1.82, 2.24) is 24.5 Å². The summed E-state index contributed by atoms with van der Waals surface area (Å²) in [5.41, 5.74) is 6.16. The van der Waals surface area contributed by atoms with Crippen molar-refractivity contribution in [3.63, 3.8) is 0 Å². The Kier molecular flexibility index (Phi) is 3.76. The van der Waals surface area contributed by atoms with Crippen LogP contribution < -0.4 is 10.5 Å². The van der Waals surface area contributed by atoms with Gasteiger partial charge >= 0.3 is 0 Å². The summed E-state index contributed by atoms with van der Waals surface area (Å²) in [4.78, 5) is 7.66. The SMILES string of the molecule is CCn1cc(S(=O)(=O)NCc2ccncn2)c(N)n1. The zero-order valence-electron chi connectivity index (χ0n) is 10.3. The van der Waals surface area contributed by atoms with Crippen molar-refractivity contribution in [3.05, 3.63) is 30.5 Å². The van der Waals surface area contributed by atoms with Crippen molar-refractivity contribution < 1.29 is 8.42 Å². The molecular weight excluding hydrogens is 268 g/mol. The van der Waals surface area contributed by atoms with E-state index in [9.17, 15) is 8.42 Å². The molecule has 19 heavy (non-hydrogen) atoms. The van der Waals surface area contributed by atoms with Crippen LogP contribution >= 0.6 is 0 Å². The van der Waals surface area contributed by atoms with Crippen molar-refractivity contribution in [1.29, 1.82) is 0 Å². The molecule has 0 unspecified atom stereocenters. The average Bonchev–Trinajstić information content (AvgIpc) is 2.80. The van der Waals surface area contributed by atoms with Crippen LogP contribution in [0.5, 0.6) is 0 Å². The molecule has 0 fully saturated rings. The molecular formula is C10H14N6O2S. The molecule has 2 heterocycles. The molecule has 0 aromatic carbocycles. The Hall–Kier alpha value is -2.00. The van der Waals surface area contributed by atoms with Gasteiger partial charge in [-0.05, 0) is 13.0 Å². The number of nitrogens with zero attached hydrogens (tertiary/aromatic N) is 4. The second-order valence-electron chi connectivity index (χ2n) is 3.76. The fourth-order valence-electron chi connectivity index (χ4n) is 1.46. The van der Waals surface area contributed by atoms with Crippen molar-refractivity contribution in [2.24, 2.45) is 0 Å². The van der Waals surface area contributed by atoms with Crippen LogP contribution in [0.2, 0.25) is 0 Å². The van der Waals surface area contributed by atoms with Crippen LogP contribution in [0.4, 0.5) is 5.82 Å². The van der Waals surface area contributed by atoms with Crippen LogP contribution in [0, 0.1) is 0 Å². The number of hydrogen-bond donors (Lipinski definition) is 2. The first-order valence-electron chi connectivity index (χ1n) is 5.60. The van der Waals surface area contributed by atoms with Crippen LogP contribution in [0.25, 0.3) is 0 Å². The first-order valence-corrected chi connectivity index (χ1v) is 7.08. The number of rotatable bonds is 5. The summed E-state index contributed by atoms with van der Waals surface area (Å²) in [5, 5.41) is 3.90. The molecule has 0 saturated heterocycles. The number of sulfonamides is 1. The molecule has 0 atom stereocenters. The second kappa shape index (κ2) is 5.33. The Morgan fingerprint density at radius 3 is 2.84 bits per heavy atom. The van der Waals surface area contributed by atoms with Gasteiger partial charge in [0.25, 0.3) is 0 Å². The maximum atomic E-state index is 12.1. The molecule has 102 valence electrons. The minimum absolute atomic E-state index is 0.0166. The highest BCUT2D eigenvalue weighted by Crippen LogP contribution is 2.16. The molecule has 0 bridgehead atoms. The van der Waals surface area contributed by atoms with Gasteiger partial charge in [0.15, 0.2) is 5.82 Å². The molecule has 2 aromatic heterocycles. The zero-order chi connectivity index (χ0) is 13.9. The van der Waals surface area contributed by atoms with Gasteiger partial charge in [-0.15, -0.1) is 0 Å². The predicted molar refractivity (Wildman–Crippen MR) is 68.4 cm³/mol. The van der Waals surface area contributed by atoms with Crippen LogP contribution in [0.15, 0.2) is 29.7 Å². The molecule has 2 aromatic rings. The summed E-state index contributed by atoms with van der Waals surface area (Å²) in [5.74, 6) is -0.0166. The second-order valence-corrected chi connectivity index (χ2v) is 5.49. The van der Waals surface area contributed by atoms with E-state index in [-0.39, 0.29) is 17.3 Å². The minimum Gasteiger partial charge on any atom is -0.381 e. The molecule has 0 aliphatic rings. The van der Waals surface area contributed by atoms with E-state index in [0.717, 1.165) is 0 Å². The fourth-order valence-corrected chi connectivity index (χ4v) is 2.53. The van der Waals surface area contributed by atoms with E-state index in [1.54, 1.807) is 12.3 Å². The van der Waals surface area contributed by atoms with Gasteiger partial charge in [-0.25, -0.2) is 23.1 Å². The summed E-state index contributed by atoms with van der Waals surface area (Å²) in [6.45, 7) is 2.46. The van der Waals surface area contributed by atoms with E-state index >= 15 is 0 Å². The normalized spacial score (nSPS) is 11.6. The monoisotopic (exact) mass is 282 g/mol. The Balaban J connectivity index is 2.16. The van der Waals surface area contributed by atoms with E-state index in [0.29, 0.717) is 12.2 Å². The third-order valence-corrected chi connectivity index (χ3v) is 3.87. The zero-order valence-corrected chi connectivity index (χ0v) is 11.1. The largest absolute Gasteiger partial charge is 0.381 e. The number of hydrogen-bond acceptors (Lipinski definition) is 6. The average molecular weight is 282 g/mol. The maximum absolute atomic E-state index is 12.1. The molecule has 0 amide bonds. The molecule has 8 nitrogen and oxygen atoms in total. The van der Waals surface area contributed by atoms with E-state index in [1.165, 1.54) is 17.2 Å². The third kappa shape index (κ3) is 3.06. The smallest absolute Gasteiger partial charge is 0.246 e. The molecule has 9 heteroatoms. The molecule has 0 radical (unpaired) electrons. The van der Waals surface area contributed by atoms with E-state index in [1.807, 2.05) is 6.92 Å². The highest BCUT2D eigenvalue weighted by molar-refractivity contribution is 7.89. The van der Waals surface area contributed by atoms with Gasteiger partial charge in [0.2, 0.25) is 10.0 Å². The maximum Gasteiger partial charge on any atom is 0.246 e. The van der Waals surface area contributed by atoms with Gasteiger partial charge in [0, 0.05) is 18.9 Å². The Morgan fingerprint density at radius 2 is 2.26 bits per heavy atom.